The molecular weight excluding hydrogens is 388 g/mol. The second-order valence-electron chi connectivity index (χ2n) is 6.89. The number of esters is 1. The van der Waals surface area contributed by atoms with Gasteiger partial charge in [0.25, 0.3) is 5.56 Å². The lowest BCUT2D eigenvalue weighted by Gasteiger charge is -2.13. The predicted molar refractivity (Wildman–Crippen MR) is 113 cm³/mol. The molecular formula is C21H20N4O3S. The summed E-state index contributed by atoms with van der Waals surface area (Å²) in [6.45, 7) is 5.56. The van der Waals surface area contributed by atoms with Crippen LogP contribution in [0.1, 0.15) is 19.4 Å². The standard InChI is InChI=1S/C21H20N4O3S/c1-13(2)28-18(26)12-29-21-23-22-20-24(16-10-6-4-8-14(16)3)19(27)15-9-5-7-11-17(15)25(20)21/h4-11,13H,12H2,1-3H3. The lowest BCUT2D eigenvalue weighted by atomic mass is 10.2. The molecule has 148 valence electrons. The summed E-state index contributed by atoms with van der Waals surface area (Å²) in [5.74, 6) is 0.192. The Kier molecular flexibility index (Phi) is 5.10. The van der Waals surface area contributed by atoms with Crippen LogP contribution in [0.3, 0.4) is 0 Å². The lowest BCUT2D eigenvalue weighted by molar-refractivity contribution is -0.144. The fourth-order valence-corrected chi connectivity index (χ4v) is 3.95. The van der Waals surface area contributed by atoms with Crippen molar-refractivity contribution in [2.24, 2.45) is 0 Å². The van der Waals surface area contributed by atoms with Crippen LogP contribution in [0.25, 0.3) is 22.4 Å². The molecule has 0 saturated carbocycles. The number of thioether (sulfide) groups is 1. The third-order valence-electron chi connectivity index (χ3n) is 4.44. The summed E-state index contributed by atoms with van der Waals surface area (Å²) in [5.41, 5.74) is 2.23. The minimum Gasteiger partial charge on any atom is -0.462 e. The summed E-state index contributed by atoms with van der Waals surface area (Å²) >= 11 is 1.23. The molecule has 0 amide bonds. The molecule has 0 spiro atoms. The summed E-state index contributed by atoms with van der Waals surface area (Å²) in [7, 11) is 0. The highest BCUT2D eigenvalue weighted by Crippen LogP contribution is 2.24. The normalized spacial score (nSPS) is 11.4. The number of fused-ring (bicyclic) bond motifs is 3. The number of hydrogen-bond donors (Lipinski definition) is 0. The quantitative estimate of drug-likeness (QED) is 0.372. The van der Waals surface area contributed by atoms with Gasteiger partial charge in [-0.2, -0.15) is 0 Å². The Morgan fingerprint density at radius 1 is 1.10 bits per heavy atom. The van der Waals surface area contributed by atoms with Gasteiger partial charge in [-0.1, -0.05) is 42.1 Å². The van der Waals surface area contributed by atoms with Gasteiger partial charge in [-0.05, 0) is 44.5 Å². The molecule has 7 nitrogen and oxygen atoms in total. The molecule has 0 saturated heterocycles. The molecule has 8 heteroatoms. The van der Waals surface area contributed by atoms with Gasteiger partial charge >= 0.3 is 5.97 Å². The topological polar surface area (TPSA) is 78.5 Å². The highest BCUT2D eigenvalue weighted by atomic mass is 32.2. The fourth-order valence-electron chi connectivity index (χ4n) is 3.22. The summed E-state index contributed by atoms with van der Waals surface area (Å²) in [5, 5.41) is 9.63. The number of ether oxygens (including phenoxy) is 1. The van der Waals surface area contributed by atoms with Crippen molar-refractivity contribution >= 4 is 34.4 Å². The molecule has 0 bridgehead atoms. The van der Waals surface area contributed by atoms with Crippen molar-refractivity contribution in [2.45, 2.75) is 32.0 Å². The van der Waals surface area contributed by atoms with Gasteiger partial charge in [0.15, 0.2) is 5.16 Å². The maximum atomic E-state index is 13.3. The van der Waals surface area contributed by atoms with Crippen molar-refractivity contribution in [3.05, 3.63) is 64.4 Å². The Morgan fingerprint density at radius 2 is 1.83 bits per heavy atom. The van der Waals surface area contributed by atoms with Crippen LogP contribution in [0.15, 0.2) is 58.5 Å². The first-order valence-corrected chi connectivity index (χ1v) is 10.2. The molecule has 0 radical (unpaired) electrons. The lowest BCUT2D eigenvalue weighted by Crippen LogP contribution is -2.22. The highest BCUT2D eigenvalue weighted by Gasteiger charge is 2.19. The van der Waals surface area contributed by atoms with E-state index in [0.717, 1.165) is 11.3 Å². The Morgan fingerprint density at radius 3 is 2.59 bits per heavy atom. The number of rotatable bonds is 5. The van der Waals surface area contributed by atoms with E-state index in [-0.39, 0.29) is 23.4 Å². The average molecular weight is 408 g/mol. The molecule has 2 aromatic carbocycles. The van der Waals surface area contributed by atoms with Gasteiger partial charge < -0.3 is 4.74 Å². The third-order valence-corrected chi connectivity index (χ3v) is 5.34. The predicted octanol–water partition coefficient (Wildman–Crippen LogP) is 3.39. The molecule has 0 N–H and O–H groups in total. The van der Waals surface area contributed by atoms with E-state index in [4.69, 9.17) is 4.74 Å². The fraction of sp³-hybridized carbons (Fsp3) is 0.238. The summed E-state index contributed by atoms with van der Waals surface area (Å²) in [6.07, 6.45) is -0.176. The summed E-state index contributed by atoms with van der Waals surface area (Å²) in [6, 6.07) is 15.0. The van der Waals surface area contributed by atoms with Crippen LogP contribution in [0.4, 0.5) is 0 Å². The first-order chi connectivity index (χ1) is 14.0. The van der Waals surface area contributed by atoms with Crippen LogP contribution in [-0.4, -0.2) is 37.0 Å². The first kappa shape index (κ1) is 19.2. The van der Waals surface area contributed by atoms with E-state index in [1.54, 1.807) is 10.6 Å². The number of carbonyl (C=O) groups excluding carboxylic acids is 1. The van der Waals surface area contributed by atoms with Crippen molar-refractivity contribution < 1.29 is 9.53 Å². The van der Waals surface area contributed by atoms with E-state index >= 15 is 0 Å². The number of aromatic nitrogens is 4. The SMILES string of the molecule is Cc1ccccc1-n1c(=O)c2ccccc2n2c(SCC(=O)OC(C)C)nnc12. The van der Waals surface area contributed by atoms with Crippen LogP contribution >= 0.6 is 11.8 Å². The minimum atomic E-state index is -0.321. The average Bonchev–Trinajstić information content (AvgIpc) is 3.11. The number of nitrogens with zero attached hydrogens (tertiary/aromatic N) is 4. The zero-order valence-corrected chi connectivity index (χ0v) is 17.1. The molecule has 0 atom stereocenters. The smallest absolute Gasteiger partial charge is 0.316 e. The summed E-state index contributed by atoms with van der Waals surface area (Å²) < 4.78 is 8.59. The largest absolute Gasteiger partial charge is 0.462 e. The minimum absolute atomic E-state index is 0.108. The zero-order chi connectivity index (χ0) is 20.5. The van der Waals surface area contributed by atoms with Crippen LogP contribution in [-0.2, 0) is 9.53 Å². The van der Waals surface area contributed by atoms with Gasteiger partial charge in [0.2, 0.25) is 5.78 Å². The number of benzene rings is 2. The second-order valence-corrected chi connectivity index (χ2v) is 7.83. The van der Waals surface area contributed by atoms with Crippen molar-refractivity contribution in [1.82, 2.24) is 19.2 Å². The Bertz CT molecular complexity index is 1280. The van der Waals surface area contributed by atoms with Crippen molar-refractivity contribution in [1.29, 1.82) is 0 Å². The van der Waals surface area contributed by atoms with Gasteiger partial charge in [0.05, 0.1) is 28.4 Å². The first-order valence-electron chi connectivity index (χ1n) is 9.24. The molecule has 29 heavy (non-hydrogen) atoms. The van der Waals surface area contributed by atoms with Gasteiger partial charge in [0, 0.05) is 0 Å². The molecule has 4 aromatic rings. The van der Waals surface area contributed by atoms with Gasteiger partial charge in [0.1, 0.15) is 0 Å². The van der Waals surface area contributed by atoms with Crippen LogP contribution in [0, 0.1) is 6.92 Å². The molecule has 0 aliphatic carbocycles. The van der Waals surface area contributed by atoms with E-state index in [1.165, 1.54) is 11.8 Å². The molecule has 0 unspecified atom stereocenters. The van der Waals surface area contributed by atoms with Crippen molar-refractivity contribution in [2.75, 3.05) is 5.75 Å². The number of aryl methyl sites for hydroxylation is 1. The van der Waals surface area contributed by atoms with Gasteiger partial charge in [-0.25, -0.2) is 4.57 Å². The van der Waals surface area contributed by atoms with Crippen molar-refractivity contribution in [3.63, 3.8) is 0 Å². The maximum absolute atomic E-state index is 13.3. The monoisotopic (exact) mass is 408 g/mol. The van der Waals surface area contributed by atoms with Crippen LogP contribution in [0.5, 0.6) is 0 Å². The number of carbonyl (C=O) groups is 1. The Hall–Kier alpha value is -3.13. The molecule has 0 aliphatic rings. The maximum Gasteiger partial charge on any atom is 0.316 e. The number of para-hydroxylation sites is 2. The highest BCUT2D eigenvalue weighted by molar-refractivity contribution is 7.99. The van der Waals surface area contributed by atoms with E-state index in [0.29, 0.717) is 21.8 Å². The molecule has 2 aromatic heterocycles. The van der Waals surface area contributed by atoms with E-state index in [1.807, 2.05) is 67.6 Å². The zero-order valence-electron chi connectivity index (χ0n) is 16.3. The van der Waals surface area contributed by atoms with E-state index < -0.39 is 0 Å². The molecule has 4 rings (SSSR count). The molecule has 0 fully saturated rings. The van der Waals surface area contributed by atoms with Gasteiger partial charge in [-0.3, -0.25) is 14.0 Å². The van der Waals surface area contributed by atoms with Crippen LogP contribution < -0.4 is 5.56 Å². The van der Waals surface area contributed by atoms with E-state index in [2.05, 4.69) is 10.2 Å². The third kappa shape index (κ3) is 3.51. The summed E-state index contributed by atoms with van der Waals surface area (Å²) in [4.78, 5) is 25.3. The van der Waals surface area contributed by atoms with Crippen LogP contribution in [0.2, 0.25) is 0 Å². The Labute approximate surface area is 171 Å². The Balaban J connectivity index is 1.93. The van der Waals surface area contributed by atoms with Gasteiger partial charge in [-0.15, -0.1) is 10.2 Å². The second kappa shape index (κ2) is 7.71. The van der Waals surface area contributed by atoms with Crippen molar-refractivity contribution in [3.8, 4) is 5.69 Å². The number of hydrogen-bond acceptors (Lipinski definition) is 6. The van der Waals surface area contributed by atoms with E-state index in [9.17, 15) is 9.59 Å². The molecule has 2 heterocycles. The molecule has 0 aliphatic heterocycles.